The van der Waals surface area contributed by atoms with Crippen LogP contribution >= 0.6 is 0 Å². The fraction of sp³-hybridized carbons (Fsp3) is 0.333. The molecule has 0 unspecified atom stereocenters. The van der Waals surface area contributed by atoms with E-state index in [1.165, 1.54) is 0 Å². The van der Waals surface area contributed by atoms with Crippen molar-refractivity contribution < 1.29 is 9.59 Å². The van der Waals surface area contributed by atoms with E-state index >= 15 is 0 Å². The number of carbonyl (C=O) groups is 2. The molecule has 4 N–H and O–H groups in total. The Bertz CT molecular complexity index is 689. The second-order valence-electron chi connectivity index (χ2n) is 6.35. The molecule has 0 fully saturated rings. The van der Waals surface area contributed by atoms with Crippen molar-refractivity contribution in [3.05, 3.63) is 71.8 Å². The van der Waals surface area contributed by atoms with E-state index in [0.29, 0.717) is 12.8 Å². The van der Waals surface area contributed by atoms with Crippen LogP contribution < -0.4 is 16.4 Å². The number of hydrogen-bond donors (Lipinski definition) is 3. The molecule has 0 radical (unpaired) electrons. The Balaban J connectivity index is 2.05. The lowest BCUT2D eigenvalue weighted by Crippen LogP contribution is -2.53. The zero-order valence-corrected chi connectivity index (χ0v) is 15.2. The first kappa shape index (κ1) is 19.7. The van der Waals surface area contributed by atoms with Gasteiger partial charge in [0.15, 0.2) is 0 Å². The molecular weight excluding hydrogens is 326 g/mol. The van der Waals surface area contributed by atoms with Crippen LogP contribution in [0.15, 0.2) is 60.7 Å². The minimum atomic E-state index is -0.730. The Morgan fingerprint density at radius 1 is 0.885 bits per heavy atom. The van der Waals surface area contributed by atoms with Crippen molar-refractivity contribution in [1.82, 2.24) is 10.6 Å². The van der Waals surface area contributed by atoms with Crippen LogP contribution in [0.2, 0.25) is 0 Å². The van der Waals surface area contributed by atoms with E-state index in [9.17, 15) is 9.59 Å². The molecule has 0 aromatic heterocycles. The van der Waals surface area contributed by atoms with Crippen LogP contribution in [-0.4, -0.2) is 30.4 Å². The standard InChI is InChI=1S/C21H27N3O2/c1-2-13-23-19(15-17-11-7-4-8-12-17)21(26)24-18(20(22)25)14-16-9-5-3-6-10-16/h3-12,18-19,23H,2,13-15H2,1H3,(H2,22,25)(H,24,26)/t18-,19-/m0/s1. The summed E-state index contributed by atoms with van der Waals surface area (Å²) in [7, 11) is 0. The van der Waals surface area contributed by atoms with Gasteiger partial charge in [-0.25, -0.2) is 0 Å². The molecule has 0 saturated heterocycles. The van der Waals surface area contributed by atoms with Crippen molar-refractivity contribution in [2.24, 2.45) is 5.73 Å². The molecule has 5 heteroatoms. The fourth-order valence-electron chi connectivity index (χ4n) is 2.77. The van der Waals surface area contributed by atoms with Gasteiger partial charge in [0.2, 0.25) is 11.8 Å². The number of rotatable bonds is 10. The number of nitrogens with one attached hydrogen (secondary N) is 2. The summed E-state index contributed by atoms with van der Waals surface area (Å²) < 4.78 is 0. The number of benzene rings is 2. The first-order chi connectivity index (χ1) is 12.6. The molecule has 2 amide bonds. The average Bonchev–Trinajstić information content (AvgIpc) is 2.66. The second-order valence-corrected chi connectivity index (χ2v) is 6.35. The smallest absolute Gasteiger partial charge is 0.240 e. The first-order valence-electron chi connectivity index (χ1n) is 9.01. The maximum atomic E-state index is 12.8. The third-order valence-electron chi connectivity index (χ3n) is 4.18. The van der Waals surface area contributed by atoms with Gasteiger partial charge in [0.25, 0.3) is 0 Å². The molecule has 5 nitrogen and oxygen atoms in total. The molecule has 0 bridgehead atoms. The third kappa shape index (κ3) is 6.33. The van der Waals surface area contributed by atoms with E-state index in [0.717, 1.165) is 24.1 Å². The SMILES string of the molecule is CCCN[C@@H](Cc1ccccc1)C(=O)N[C@@H](Cc1ccccc1)C(N)=O. The number of hydrogen-bond acceptors (Lipinski definition) is 3. The van der Waals surface area contributed by atoms with Crippen LogP contribution in [0.25, 0.3) is 0 Å². The van der Waals surface area contributed by atoms with Gasteiger partial charge in [0.05, 0.1) is 6.04 Å². The summed E-state index contributed by atoms with van der Waals surface area (Å²) >= 11 is 0. The summed E-state index contributed by atoms with van der Waals surface area (Å²) in [5.74, 6) is -0.738. The van der Waals surface area contributed by atoms with Gasteiger partial charge in [0.1, 0.15) is 6.04 Å². The third-order valence-corrected chi connectivity index (χ3v) is 4.18. The average molecular weight is 353 g/mol. The van der Waals surface area contributed by atoms with Crippen molar-refractivity contribution in [1.29, 1.82) is 0 Å². The Hall–Kier alpha value is -2.66. The summed E-state index contributed by atoms with van der Waals surface area (Å²) in [5.41, 5.74) is 7.53. The minimum absolute atomic E-state index is 0.206. The summed E-state index contributed by atoms with van der Waals surface area (Å²) in [4.78, 5) is 24.6. The van der Waals surface area contributed by atoms with Gasteiger partial charge < -0.3 is 16.4 Å². The van der Waals surface area contributed by atoms with Gasteiger partial charge in [-0.05, 0) is 30.5 Å². The molecule has 0 heterocycles. The van der Waals surface area contributed by atoms with Crippen LogP contribution in [-0.2, 0) is 22.4 Å². The van der Waals surface area contributed by atoms with E-state index in [1.54, 1.807) is 0 Å². The Labute approximate surface area is 155 Å². The number of amides is 2. The molecule has 26 heavy (non-hydrogen) atoms. The predicted molar refractivity (Wildman–Crippen MR) is 103 cm³/mol. The maximum absolute atomic E-state index is 12.8. The van der Waals surface area contributed by atoms with Crippen LogP contribution in [0.4, 0.5) is 0 Å². The molecule has 0 aliphatic carbocycles. The van der Waals surface area contributed by atoms with Gasteiger partial charge in [-0.2, -0.15) is 0 Å². The quantitative estimate of drug-likeness (QED) is 0.609. The van der Waals surface area contributed by atoms with E-state index < -0.39 is 18.0 Å². The summed E-state index contributed by atoms with van der Waals surface area (Å²) in [6.45, 7) is 2.77. The molecule has 138 valence electrons. The van der Waals surface area contributed by atoms with Crippen molar-refractivity contribution in [3.8, 4) is 0 Å². The van der Waals surface area contributed by atoms with E-state index in [2.05, 4.69) is 10.6 Å². The van der Waals surface area contributed by atoms with Gasteiger partial charge in [-0.15, -0.1) is 0 Å². The molecule has 2 rings (SSSR count). The van der Waals surface area contributed by atoms with Gasteiger partial charge >= 0.3 is 0 Å². The highest BCUT2D eigenvalue weighted by Crippen LogP contribution is 2.06. The Morgan fingerprint density at radius 2 is 1.38 bits per heavy atom. The topological polar surface area (TPSA) is 84.2 Å². The molecule has 0 aliphatic rings. The predicted octanol–water partition coefficient (Wildman–Crippen LogP) is 1.81. The number of nitrogens with two attached hydrogens (primary N) is 1. The molecular formula is C21H27N3O2. The Kier molecular flexibility index (Phi) is 7.83. The van der Waals surface area contributed by atoms with Crippen molar-refractivity contribution in [2.75, 3.05) is 6.54 Å². The van der Waals surface area contributed by atoms with Gasteiger partial charge in [-0.1, -0.05) is 67.6 Å². The van der Waals surface area contributed by atoms with Crippen LogP contribution in [0, 0.1) is 0 Å². The first-order valence-corrected chi connectivity index (χ1v) is 9.01. The van der Waals surface area contributed by atoms with Crippen molar-refractivity contribution in [2.45, 2.75) is 38.3 Å². The van der Waals surface area contributed by atoms with E-state index in [4.69, 9.17) is 5.73 Å². The highest BCUT2D eigenvalue weighted by molar-refractivity contribution is 5.89. The summed E-state index contributed by atoms with van der Waals surface area (Å²) in [6.07, 6.45) is 1.86. The zero-order valence-electron chi connectivity index (χ0n) is 15.2. The molecule has 2 atom stereocenters. The van der Waals surface area contributed by atoms with Crippen LogP contribution in [0.3, 0.4) is 0 Å². The lowest BCUT2D eigenvalue weighted by atomic mass is 10.0. The van der Waals surface area contributed by atoms with E-state index in [-0.39, 0.29) is 5.91 Å². The molecule has 0 saturated carbocycles. The Morgan fingerprint density at radius 3 is 1.85 bits per heavy atom. The molecule has 2 aromatic rings. The molecule has 0 aliphatic heterocycles. The van der Waals surface area contributed by atoms with Gasteiger partial charge in [0, 0.05) is 6.42 Å². The number of primary amides is 1. The van der Waals surface area contributed by atoms with Crippen LogP contribution in [0.1, 0.15) is 24.5 Å². The molecule has 2 aromatic carbocycles. The summed E-state index contributed by atoms with van der Waals surface area (Å²) in [6, 6.07) is 18.2. The highest BCUT2D eigenvalue weighted by atomic mass is 16.2. The number of carbonyl (C=O) groups excluding carboxylic acids is 2. The fourth-order valence-corrected chi connectivity index (χ4v) is 2.77. The maximum Gasteiger partial charge on any atom is 0.240 e. The zero-order chi connectivity index (χ0) is 18.8. The molecule has 0 spiro atoms. The lowest BCUT2D eigenvalue weighted by molar-refractivity contribution is -0.128. The van der Waals surface area contributed by atoms with Gasteiger partial charge in [-0.3, -0.25) is 9.59 Å². The normalized spacial score (nSPS) is 13.0. The monoisotopic (exact) mass is 353 g/mol. The lowest BCUT2D eigenvalue weighted by Gasteiger charge is -2.22. The summed E-state index contributed by atoms with van der Waals surface area (Å²) in [5, 5.41) is 6.08. The minimum Gasteiger partial charge on any atom is -0.368 e. The van der Waals surface area contributed by atoms with E-state index in [1.807, 2.05) is 67.6 Å². The largest absolute Gasteiger partial charge is 0.368 e. The van der Waals surface area contributed by atoms with Crippen molar-refractivity contribution in [3.63, 3.8) is 0 Å². The second kappa shape index (κ2) is 10.4. The highest BCUT2D eigenvalue weighted by Gasteiger charge is 2.24. The van der Waals surface area contributed by atoms with Crippen molar-refractivity contribution >= 4 is 11.8 Å². The van der Waals surface area contributed by atoms with Crippen LogP contribution in [0.5, 0.6) is 0 Å².